The molecule has 0 atom stereocenters. The van der Waals surface area contributed by atoms with Crippen LogP contribution < -0.4 is 0 Å². The standard InChI is InChI=1S/C13H13BrN2O/c1-8(2)12(17)9-5-10(16-11(14)6-9)13(7-15)3-4-13/h5-6,8H,3-4H2,1-2H3. The van der Waals surface area contributed by atoms with Crippen LogP contribution in [0.5, 0.6) is 0 Å². The van der Waals surface area contributed by atoms with E-state index in [1.54, 1.807) is 12.1 Å². The van der Waals surface area contributed by atoms with Crippen molar-refractivity contribution in [1.29, 1.82) is 5.26 Å². The molecule has 1 saturated carbocycles. The van der Waals surface area contributed by atoms with Gasteiger partial charge in [-0.25, -0.2) is 4.98 Å². The van der Waals surface area contributed by atoms with Crippen LogP contribution in [0.1, 0.15) is 42.7 Å². The smallest absolute Gasteiger partial charge is 0.165 e. The topological polar surface area (TPSA) is 53.8 Å². The average Bonchev–Trinajstić information content (AvgIpc) is 3.08. The summed E-state index contributed by atoms with van der Waals surface area (Å²) in [7, 11) is 0. The van der Waals surface area contributed by atoms with Crippen molar-refractivity contribution in [3.05, 3.63) is 28.0 Å². The number of aromatic nitrogens is 1. The largest absolute Gasteiger partial charge is 0.294 e. The van der Waals surface area contributed by atoms with Crippen molar-refractivity contribution in [2.45, 2.75) is 32.1 Å². The Kier molecular flexibility index (Phi) is 3.05. The van der Waals surface area contributed by atoms with E-state index in [9.17, 15) is 4.79 Å². The fraction of sp³-hybridized carbons (Fsp3) is 0.462. The molecule has 0 aliphatic heterocycles. The quantitative estimate of drug-likeness (QED) is 0.635. The molecule has 1 heterocycles. The summed E-state index contributed by atoms with van der Waals surface area (Å²) >= 11 is 3.31. The molecule has 0 saturated heterocycles. The van der Waals surface area contributed by atoms with Crippen LogP contribution in [0, 0.1) is 17.2 Å². The summed E-state index contributed by atoms with van der Waals surface area (Å²) in [6, 6.07) is 5.79. The molecule has 1 fully saturated rings. The molecule has 0 radical (unpaired) electrons. The number of pyridine rings is 1. The maximum absolute atomic E-state index is 12.0. The van der Waals surface area contributed by atoms with Crippen LogP contribution >= 0.6 is 15.9 Å². The zero-order chi connectivity index (χ0) is 12.6. The predicted molar refractivity (Wildman–Crippen MR) is 67.6 cm³/mol. The van der Waals surface area contributed by atoms with Crippen molar-refractivity contribution in [2.75, 3.05) is 0 Å². The van der Waals surface area contributed by atoms with E-state index in [-0.39, 0.29) is 11.7 Å². The first-order valence-corrected chi connectivity index (χ1v) is 6.41. The number of halogens is 1. The predicted octanol–water partition coefficient (Wildman–Crippen LogP) is 3.24. The molecule has 1 aliphatic carbocycles. The molecule has 1 aromatic rings. The van der Waals surface area contributed by atoms with Crippen molar-refractivity contribution in [3.63, 3.8) is 0 Å². The Labute approximate surface area is 109 Å². The molecule has 0 N–H and O–H groups in total. The highest BCUT2D eigenvalue weighted by atomic mass is 79.9. The van der Waals surface area contributed by atoms with Gasteiger partial charge in [0.25, 0.3) is 0 Å². The minimum Gasteiger partial charge on any atom is -0.294 e. The van der Waals surface area contributed by atoms with Crippen molar-refractivity contribution in [1.82, 2.24) is 4.98 Å². The summed E-state index contributed by atoms with van der Waals surface area (Å²) < 4.78 is 0.625. The third-order valence-corrected chi connectivity index (χ3v) is 3.46. The highest BCUT2D eigenvalue weighted by Gasteiger charge is 2.46. The van der Waals surface area contributed by atoms with Gasteiger partial charge in [-0.05, 0) is 40.9 Å². The second-order valence-electron chi connectivity index (χ2n) is 4.78. The van der Waals surface area contributed by atoms with E-state index in [0.717, 1.165) is 18.5 Å². The van der Waals surface area contributed by atoms with Crippen LogP contribution in [-0.2, 0) is 5.41 Å². The Balaban J connectivity index is 2.44. The summed E-state index contributed by atoms with van der Waals surface area (Å²) in [5, 5.41) is 9.15. The van der Waals surface area contributed by atoms with E-state index in [2.05, 4.69) is 27.0 Å². The molecule has 17 heavy (non-hydrogen) atoms. The fourth-order valence-corrected chi connectivity index (χ4v) is 2.21. The maximum atomic E-state index is 12.0. The molecular weight excluding hydrogens is 280 g/mol. The van der Waals surface area contributed by atoms with Gasteiger partial charge in [-0.3, -0.25) is 4.79 Å². The number of rotatable bonds is 3. The van der Waals surface area contributed by atoms with E-state index in [4.69, 9.17) is 5.26 Å². The monoisotopic (exact) mass is 292 g/mol. The molecule has 0 amide bonds. The number of carbonyl (C=O) groups excluding carboxylic acids is 1. The molecule has 2 rings (SSSR count). The zero-order valence-electron chi connectivity index (χ0n) is 9.83. The summed E-state index contributed by atoms with van der Waals surface area (Å²) in [6.45, 7) is 3.74. The fourth-order valence-electron chi connectivity index (χ4n) is 1.77. The molecule has 4 heteroatoms. The number of nitrogens with zero attached hydrogens (tertiary/aromatic N) is 2. The minimum atomic E-state index is -0.449. The van der Waals surface area contributed by atoms with Crippen LogP contribution in [0.15, 0.2) is 16.7 Å². The Bertz CT molecular complexity index is 513. The van der Waals surface area contributed by atoms with E-state index in [1.807, 2.05) is 13.8 Å². The highest BCUT2D eigenvalue weighted by Crippen LogP contribution is 2.47. The number of ketones is 1. The van der Waals surface area contributed by atoms with Crippen LogP contribution in [0.25, 0.3) is 0 Å². The highest BCUT2D eigenvalue weighted by molar-refractivity contribution is 9.10. The zero-order valence-corrected chi connectivity index (χ0v) is 11.4. The molecule has 0 aromatic carbocycles. The first-order chi connectivity index (χ1) is 7.98. The molecule has 3 nitrogen and oxygen atoms in total. The molecule has 88 valence electrons. The van der Waals surface area contributed by atoms with E-state index < -0.39 is 5.41 Å². The summed E-state index contributed by atoms with van der Waals surface area (Å²) in [4.78, 5) is 16.3. The van der Waals surface area contributed by atoms with Gasteiger partial charge in [0, 0.05) is 11.5 Å². The van der Waals surface area contributed by atoms with Crippen molar-refractivity contribution in [2.24, 2.45) is 5.92 Å². The summed E-state index contributed by atoms with van der Waals surface area (Å²) in [6.07, 6.45) is 1.67. The van der Waals surface area contributed by atoms with Crippen molar-refractivity contribution in [3.8, 4) is 6.07 Å². The molecule has 0 spiro atoms. The van der Waals surface area contributed by atoms with E-state index >= 15 is 0 Å². The van der Waals surface area contributed by atoms with Gasteiger partial charge in [0.2, 0.25) is 0 Å². The van der Waals surface area contributed by atoms with Gasteiger partial charge in [-0.1, -0.05) is 13.8 Å². The van der Waals surface area contributed by atoms with Crippen LogP contribution in [0.2, 0.25) is 0 Å². The first kappa shape index (κ1) is 12.3. The van der Waals surface area contributed by atoms with Gasteiger partial charge in [-0.15, -0.1) is 0 Å². The average molecular weight is 293 g/mol. The van der Waals surface area contributed by atoms with Gasteiger partial charge >= 0.3 is 0 Å². The SMILES string of the molecule is CC(C)C(=O)c1cc(Br)nc(C2(C#N)CC2)c1. The van der Waals surface area contributed by atoms with E-state index in [0.29, 0.717) is 10.2 Å². The number of nitriles is 1. The summed E-state index contributed by atoms with van der Waals surface area (Å²) in [5.74, 6) is 0.0393. The first-order valence-electron chi connectivity index (χ1n) is 5.62. The van der Waals surface area contributed by atoms with Gasteiger partial charge in [-0.2, -0.15) is 5.26 Å². The van der Waals surface area contributed by atoms with Crippen LogP contribution in [0.4, 0.5) is 0 Å². The number of hydrogen-bond acceptors (Lipinski definition) is 3. The third kappa shape index (κ3) is 2.25. The van der Waals surface area contributed by atoms with Crippen LogP contribution in [0.3, 0.4) is 0 Å². The van der Waals surface area contributed by atoms with E-state index in [1.165, 1.54) is 0 Å². The van der Waals surface area contributed by atoms with Crippen molar-refractivity contribution >= 4 is 21.7 Å². The number of hydrogen-bond donors (Lipinski definition) is 0. The number of Topliss-reactive ketones (excluding diaryl/α,β-unsaturated/α-hetero) is 1. The van der Waals surface area contributed by atoms with Gasteiger partial charge in [0.05, 0.1) is 17.2 Å². The molecule has 1 aliphatic rings. The van der Waals surface area contributed by atoms with Crippen LogP contribution in [-0.4, -0.2) is 10.8 Å². The minimum absolute atomic E-state index is 0.0469. The molecule has 0 bridgehead atoms. The lowest BCUT2D eigenvalue weighted by Gasteiger charge is -2.10. The van der Waals surface area contributed by atoms with Crippen molar-refractivity contribution < 1.29 is 4.79 Å². The second-order valence-corrected chi connectivity index (χ2v) is 5.59. The Morgan fingerprint density at radius 2 is 2.18 bits per heavy atom. The lowest BCUT2D eigenvalue weighted by molar-refractivity contribution is 0.0939. The Morgan fingerprint density at radius 1 is 1.53 bits per heavy atom. The lowest BCUT2D eigenvalue weighted by Crippen LogP contribution is -2.12. The molecule has 0 unspecified atom stereocenters. The Morgan fingerprint density at radius 3 is 2.65 bits per heavy atom. The number of carbonyl (C=O) groups is 1. The van der Waals surface area contributed by atoms with Gasteiger partial charge < -0.3 is 0 Å². The lowest BCUT2D eigenvalue weighted by atomic mass is 9.97. The second kappa shape index (κ2) is 4.23. The summed E-state index contributed by atoms with van der Waals surface area (Å²) in [5.41, 5.74) is 0.910. The Hall–Kier alpha value is -1.21. The molecular formula is C13H13BrN2O. The molecule has 1 aromatic heterocycles. The van der Waals surface area contributed by atoms with Gasteiger partial charge in [0.1, 0.15) is 4.60 Å². The maximum Gasteiger partial charge on any atom is 0.165 e. The van der Waals surface area contributed by atoms with Gasteiger partial charge in [0.15, 0.2) is 5.78 Å². The normalized spacial score (nSPS) is 16.6. The third-order valence-electron chi connectivity index (χ3n) is 3.06.